The van der Waals surface area contributed by atoms with Crippen LogP contribution < -0.4 is 5.11 Å². The second-order valence-electron chi connectivity index (χ2n) is 4.79. The topological polar surface area (TPSA) is 86.6 Å². The van der Waals surface area contributed by atoms with E-state index in [2.05, 4.69) is 4.99 Å². The zero-order chi connectivity index (χ0) is 14.5. The van der Waals surface area contributed by atoms with Crippen molar-refractivity contribution in [3.05, 3.63) is 35.9 Å². The van der Waals surface area contributed by atoms with Crippen LogP contribution in [-0.2, 0) is 14.4 Å². The summed E-state index contributed by atoms with van der Waals surface area (Å²) in [4.78, 5) is 37.8. The maximum atomic E-state index is 12.0. The van der Waals surface area contributed by atoms with Crippen molar-refractivity contribution < 1.29 is 19.5 Å². The summed E-state index contributed by atoms with van der Waals surface area (Å²) in [6.45, 7) is -0.529. The van der Waals surface area contributed by atoms with Gasteiger partial charge in [0.15, 0.2) is 0 Å². The normalized spacial score (nSPS) is 23.2. The van der Waals surface area contributed by atoms with Crippen LogP contribution in [0.2, 0.25) is 0 Å². The molecule has 0 spiro atoms. The van der Waals surface area contributed by atoms with Gasteiger partial charge in [0.25, 0.3) is 0 Å². The number of Topliss-reactive ketones (excluding diaryl/α,β-unsaturated/α-hetero) is 2. The Balaban J connectivity index is 2.05. The molecule has 0 N–H and O–H groups in total. The highest BCUT2D eigenvalue weighted by atomic mass is 16.4. The predicted molar refractivity (Wildman–Crippen MR) is 70.3 cm³/mol. The Morgan fingerprint density at radius 2 is 1.80 bits per heavy atom. The molecule has 1 fully saturated rings. The molecule has 0 heterocycles. The summed E-state index contributed by atoms with van der Waals surface area (Å²) in [6, 6.07) is 9.42. The van der Waals surface area contributed by atoms with Crippen molar-refractivity contribution in [2.75, 3.05) is 6.54 Å². The van der Waals surface area contributed by atoms with E-state index >= 15 is 0 Å². The Morgan fingerprint density at radius 1 is 1.20 bits per heavy atom. The number of ketones is 2. The molecule has 1 saturated carbocycles. The fourth-order valence-electron chi connectivity index (χ4n) is 2.35. The lowest BCUT2D eigenvalue weighted by Gasteiger charge is -2.24. The fraction of sp³-hybridized carbons (Fsp3) is 0.333. The minimum atomic E-state index is -1.33. The third kappa shape index (κ3) is 3.38. The average molecular weight is 272 g/mol. The van der Waals surface area contributed by atoms with Gasteiger partial charge in [0.05, 0.1) is 12.5 Å². The van der Waals surface area contributed by atoms with Crippen LogP contribution in [0.1, 0.15) is 24.3 Å². The Labute approximate surface area is 116 Å². The molecule has 20 heavy (non-hydrogen) atoms. The van der Waals surface area contributed by atoms with Gasteiger partial charge in [-0.1, -0.05) is 30.3 Å². The second-order valence-corrected chi connectivity index (χ2v) is 4.79. The third-order valence-corrected chi connectivity index (χ3v) is 3.33. The number of rotatable bonds is 4. The van der Waals surface area contributed by atoms with E-state index in [0.29, 0.717) is 0 Å². The maximum Gasteiger partial charge on any atom is 0.149 e. The number of nitrogens with zero attached hydrogens (tertiary/aromatic N) is 1. The molecule has 2 rings (SSSR count). The van der Waals surface area contributed by atoms with Gasteiger partial charge in [0, 0.05) is 19.1 Å². The van der Waals surface area contributed by atoms with Crippen molar-refractivity contribution in [3.8, 4) is 0 Å². The molecule has 0 atom stereocenters. The summed E-state index contributed by atoms with van der Waals surface area (Å²) >= 11 is 0. The van der Waals surface area contributed by atoms with E-state index in [1.807, 2.05) is 30.3 Å². The van der Waals surface area contributed by atoms with Crippen LogP contribution in [0.4, 0.5) is 0 Å². The van der Waals surface area contributed by atoms with E-state index in [0.717, 1.165) is 11.8 Å². The summed E-state index contributed by atoms with van der Waals surface area (Å²) in [5.74, 6) is -2.76. The standard InChI is InChI=1S/C15H15NO4/c17-13-6-11(10-4-2-1-3-5-10)7-14(18)12(13)8-16-9-15(19)20/h1-5,8,11-12H,6-7,9H2,(H,19,20)/p-1. The lowest BCUT2D eigenvalue weighted by Crippen LogP contribution is -2.34. The average Bonchev–Trinajstić information content (AvgIpc) is 2.42. The van der Waals surface area contributed by atoms with Crippen molar-refractivity contribution in [1.29, 1.82) is 0 Å². The number of aliphatic imine (C=N–C) groups is 1. The van der Waals surface area contributed by atoms with Crippen LogP contribution in [0.5, 0.6) is 0 Å². The molecule has 1 aliphatic rings. The monoisotopic (exact) mass is 272 g/mol. The number of carbonyl (C=O) groups is 3. The predicted octanol–water partition coefficient (Wildman–Crippen LogP) is 0.139. The molecule has 0 amide bonds. The van der Waals surface area contributed by atoms with Crippen molar-refractivity contribution in [1.82, 2.24) is 0 Å². The van der Waals surface area contributed by atoms with Crippen LogP contribution in [0, 0.1) is 5.92 Å². The molecule has 104 valence electrons. The fourth-order valence-corrected chi connectivity index (χ4v) is 2.35. The molecule has 0 aromatic heterocycles. The number of hydrogen-bond acceptors (Lipinski definition) is 5. The van der Waals surface area contributed by atoms with Crippen molar-refractivity contribution >= 4 is 23.8 Å². The number of carboxylic acids is 1. The quantitative estimate of drug-likeness (QED) is 0.576. The molecule has 0 aliphatic heterocycles. The Hall–Kier alpha value is -2.30. The van der Waals surface area contributed by atoms with E-state index in [1.54, 1.807) is 0 Å². The molecule has 0 radical (unpaired) electrons. The van der Waals surface area contributed by atoms with Gasteiger partial charge in [-0.3, -0.25) is 14.6 Å². The number of aliphatic carboxylic acids is 1. The van der Waals surface area contributed by atoms with Gasteiger partial charge in [0.2, 0.25) is 0 Å². The first-order valence-electron chi connectivity index (χ1n) is 6.38. The Kier molecular flexibility index (Phi) is 4.40. The van der Waals surface area contributed by atoms with Gasteiger partial charge in [-0.2, -0.15) is 0 Å². The molecule has 1 aromatic carbocycles. The van der Waals surface area contributed by atoms with E-state index in [-0.39, 0.29) is 30.3 Å². The summed E-state index contributed by atoms with van der Waals surface area (Å²) in [5, 5.41) is 10.2. The highest BCUT2D eigenvalue weighted by Crippen LogP contribution is 2.31. The zero-order valence-electron chi connectivity index (χ0n) is 10.8. The first-order chi connectivity index (χ1) is 9.58. The molecular formula is C15H14NO4-. The van der Waals surface area contributed by atoms with E-state index in [1.165, 1.54) is 0 Å². The van der Waals surface area contributed by atoms with Gasteiger partial charge in [-0.15, -0.1) is 0 Å². The third-order valence-electron chi connectivity index (χ3n) is 3.33. The molecule has 0 bridgehead atoms. The molecule has 1 aromatic rings. The molecule has 1 aliphatic carbocycles. The summed E-state index contributed by atoms with van der Waals surface area (Å²) in [6.07, 6.45) is 1.69. The van der Waals surface area contributed by atoms with Crippen LogP contribution >= 0.6 is 0 Å². The minimum Gasteiger partial charge on any atom is -0.548 e. The second kappa shape index (κ2) is 6.23. The van der Waals surface area contributed by atoms with Gasteiger partial charge in [0.1, 0.15) is 17.5 Å². The number of hydrogen-bond donors (Lipinski definition) is 0. The highest BCUT2D eigenvalue weighted by molar-refractivity contribution is 6.16. The van der Waals surface area contributed by atoms with Gasteiger partial charge in [-0.25, -0.2) is 0 Å². The molecule has 0 saturated heterocycles. The SMILES string of the molecule is O=C([O-])CN=CC1C(=O)CC(c2ccccc2)CC1=O. The summed E-state index contributed by atoms with van der Waals surface area (Å²) in [7, 11) is 0. The van der Waals surface area contributed by atoms with Crippen molar-refractivity contribution in [2.24, 2.45) is 10.9 Å². The van der Waals surface area contributed by atoms with E-state index in [4.69, 9.17) is 0 Å². The number of carboxylic acid groups (broad SMARTS) is 1. The van der Waals surface area contributed by atoms with Crippen molar-refractivity contribution in [3.63, 3.8) is 0 Å². The smallest absolute Gasteiger partial charge is 0.149 e. The lowest BCUT2D eigenvalue weighted by molar-refractivity contribution is -0.303. The largest absolute Gasteiger partial charge is 0.548 e. The van der Waals surface area contributed by atoms with Crippen LogP contribution in [0.3, 0.4) is 0 Å². The van der Waals surface area contributed by atoms with Crippen LogP contribution in [0.15, 0.2) is 35.3 Å². The maximum absolute atomic E-state index is 12.0. The number of carbonyl (C=O) groups excluding carboxylic acids is 3. The van der Waals surface area contributed by atoms with E-state index < -0.39 is 18.4 Å². The lowest BCUT2D eigenvalue weighted by atomic mass is 9.77. The molecule has 5 heteroatoms. The van der Waals surface area contributed by atoms with E-state index in [9.17, 15) is 19.5 Å². The van der Waals surface area contributed by atoms with Crippen molar-refractivity contribution in [2.45, 2.75) is 18.8 Å². The first-order valence-corrected chi connectivity index (χ1v) is 6.38. The number of benzene rings is 1. The van der Waals surface area contributed by atoms with Crippen LogP contribution in [0.25, 0.3) is 0 Å². The minimum absolute atomic E-state index is 0.0954. The van der Waals surface area contributed by atoms with Gasteiger partial charge < -0.3 is 9.90 Å². The molecule has 5 nitrogen and oxygen atoms in total. The summed E-state index contributed by atoms with van der Waals surface area (Å²) < 4.78 is 0. The summed E-state index contributed by atoms with van der Waals surface area (Å²) in [5.41, 5.74) is 0.972. The Bertz CT molecular complexity index is 532. The first kappa shape index (κ1) is 14.1. The van der Waals surface area contributed by atoms with Crippen LogP contribution in [-0.4, -0.2) is 30.3 Å². The highest BCUT2D eigenvalue weighted by Gasteiger charge is 2.34. The van der Waals surface area contributed by atoms with Gasteiger partial charge in [-0.05, 0) is 11.5 Å². The molecular weight excluding hydrogens is 258 g/mol. The van der Waals surface area contributed by atoms with Gasteiger partial charge >= 0.3 is 0 Å². The zero-order valence-corrected chi connectivity index (χ0v) is 10.8. The Morgan fingerprint density at radius 3 is 2.35 bits per heavy atom. The molecule has 0 unspecified atom stereocenters.